The molecule has 0 aliphatic carbocycles. The number of rotatable bonds is 2. The summed E-state index contributed by atoms with van der Waals surface area (Å²) in [6.07, 6.45) is 1.18. The first kappa shape index (κ1) is 9.34. The predicted octanol–water partition coefficient (Wildman–Crippen LogP) is 1.53. The lowest BCUT2D eigenvalue weighted by molar-refractivity contribution is 0.0467. The van der Waals surface area contributed by atoms with Crippen LogP contribution in [0, 0.1) is 5.92 Å². The zero-order chi connectivity index (χ0) is 9.10. The summed E-state index contributed by atoms with van der Waals surface area (Å²) in [5, 5.41) is 4.20. The molecule has 2 heterocycles. The molecule has 2 unspecified atom stereocenters. The summed E-state index contributed by atoms with van der Waals surface area (Å²) in [6.45, 7) is 3.73. The van der Waals surface area contributed by atoms with Crippen molar-refractivity contribution < 1.29 is 9.57 Å². The summed E-state index contributed by atoms with van der Waals surface area (Å²) >= 11 is 1.93. The zero-order valence-electron chi connectivity index (χ0n) is 7.86. The van der Waals surface area contributed by atoms with Crippen LogP contribution in [0.1, 0.15) is 13.3 Å². The minimum absolute atomic E-state index is 0.199. The Morgan fingerprint density at radius 2 is 2.54 bits per heavy atom. The molecule has 2 atom stereocenters. The summed E-state index contributed by atoms with van der Waals surface area (Å²) in [4.78, 5) is 5.41. The number of hydrogen-bond donors (Lipinski definition) is 0. The molecule has 74 valence electrons. The first-order valence-corrected chi connectivity index (χ1v) is 5.90. The maximum absolute atomic E-state index is 5.41. The van der Waals surface area contributed by atoms with Gasteiger partial charge in [-0.1, -0.05) is 12.1 Å². The van der Waals surface area contributed by atoms with Gasteiger partial charge in [0.2, 0.25) is 0 Å². The van der Waals surface area contributed by atoms with Gasteiger partial charge in [0.05, 0.1) is 18.9 Å². The van der Waals surface area contributed by atoms with Gasteiger partial charge in [0, 0.05) is 23.8 Å². The Kier molecular flexibility index (Phi) is 3.11. The molecule has 2 aliphatic heterocycles. The first-order chi connectivity index (χ1) is 6.36. The van der Waals surface area contributed by atoms with Crippen molar-refractivity contribution >= 4 is 17.5 Å². The normalized spacial score (nSPS) is 37.2. The number of thioether (sulfide) groups is 1. The zero-order valence-corrected chi connectivity index (χ0v) is 8.68. The first-order valence-electron chi connectivity index (χ1n) is 4.74. The second-order valence-electron chi connectivity index (χ2n) is 3.59. The van der Waals surface area contributed by atoms with E-state index in [4.69, 9.17) is 9.57 Å². The Balaban J connectivity index is 1.81. The van der Waals surface area contributed by atoms with Gasteiger partial charge in [0.1, 0.15) is 0 Å². The van der Waals surface area contributed by atoms with Gasteiger partial charge in [0.15, 0.2) is 6.10 Å². The molecule has 0 aromatic carbocycles. The number of oxime groups is 1. The van der Waals surface area contributed by atoms with Crippen molar-refractivity contribution in [1.82, 2.24) is 0 Å². The van der Waals surface area contributed by atoms with Crippen LogP contribution in [-0.4, -0.2) is 36.5 Å². The van der Waals surface area contributed by atoms with Gasteiger partial charge in [-0.05, 0) is 0 Å². The van der Waals surface area contributed by atoms with Crippen LogP contribution < -0.4 is 0 Å². The Labute approximate surface area is 82.8 Å². The van der Waals surface area contributed by atoms with Gasteiger partial charge in [-0.15, -0.1) is 0 Å². The fourth-order valence-electron chi connectivity index (χ4n) is 1.43. The molecule has 3 nitrogen and oxygen atoms in total. The maximum Gasteiger partial charge on any atom is 0.152 e. The average Bonchev–Trinajstić information content (AvgIpc) is 2.72. The predicted molar refractivity (Wildman–Crippen MR) is 54.2 cm³/mol. The molecular weight excluding hydrogens is 186 g/mol. The number of hydrogen-bond acceptors (Lipinski definition) is 4. The van der Waals surface area contributed by atoms with Crippen molar-refractivity contribution in [2.75, 3.05) is 24.7 Å². The van der Waals surface area contributed by atoms with Crippen molar-refractivity contribution in [2.24, 2.45) is 11.1 Å². The molecule has 0 amide bonds. The van der Waals surface area contributed by atoms with Crippen molar-refractivity contribution in [3.63, 3.8) is 0 Å². The standard InChI is InChI=1S/C9H15NO2S/c1-7-5-13-6-9(7)10-12-8-2-3-11-4-8/h7-8H,2-6H2,1H3/b10-9+. The van der Waals surface area contributed by atoms with Crippen LogP contribution in [0.3, 0.4) is 0 Å². The van der Waals surface area contributed by atoms with Crippen LogP contribution in [0.5, 0.6) is 0 Å². The molecule has 0 N–H and O–H groups in total. The molecule has 0 radical (unpaired) electrons. The quantitative estimate of drug-likeness (QED) is 0.635. The largest absolute Gasteiger partial charge is 0.390 e. The molecule has 0 spiro atoms. The summed E-state index contributed by atoms with van der Waals surface area (Å²) < 4.78 is 5.20. The van der Waals surface area contributed by atoms with Gasteiger partial charge in [-0.2, -0.15) is 11.8 Å². The lowest BCUT2D eigenvalue weighted by Gasteiger charge is -2.07. The minimum atomic E-state index is 0.199. The van der Waals surface area contributed by atoms with Crippen LogP contribution in [0.15, 0.2) is 5.16 Å². The summed E-state index contributed by atoms with van der Waals surface area (Å²) in [6, 6.07) is 0. The molecule has 0 aromatic heterocycles. The smallest absolute Gasteiger partial charge is 0.152 e. The van der Waals surface area contributed by atoms with Crippen molar-refractivity contribution in [3.05, 3.63) is 0 Å². The highest BCUT2D eigenvalue weighted by molar-refractivity contribution is 8.00. The third kappa shape index (κ3) is 2.38. The fraction of sp³-hybridized carbons (Fsp3) is 0.889. The highest BCUT2D eigenvalue weighted by atomic mass is 32.2. The minimum Gasteiger partial charge on any atom is -0.390 e. The Morgan fingerprint density at radius 1 is 1.62 bits per heavy atom. The Hall–Kier alpha value is -0.220. The van der Waals surface area contributed by atoms with Gasteiger partial charge < -0.3 is 9.57 Å². The fourth-order valence-corrected chi connectivity index (χ4v) is 2.64. The van der Waals surface area contributed by atoms with E-state index in [2.05, 4.69) is 12.1 Å². The lowest BCUT2D eigenvalue weighted by Crippen LogP contribution is -2.13. The third-order valence-electron chi connectivity index (χ3n) is 2.39. The second-order valence-corrected chi connectivity index (χ2v) is 4.62. The SMILES string of the molecule is CC1CSC/C1=N\OC1CCOC1. The van der Waals surface area contributed by atoms with E-state index in [0.717, 1.165) is 18.8 Å². The van der Waals surface area contributed by atoms with Crippen LogP contribution in [-0.2, 0) is 9.57 Å². The lowest BCUT2D eigenvalue weighted by atomic mass is 10.1. The number of ether oxygens (including phenoxy) is 1. The summed E-state index contributed by atoms with van der Waals surface area (Å²) in [7, 11) is 0. The van der Waals surface area contributed by atoms with Gasteiger partial charge in [-0.3, -0.25) is 0 Å². The van der Waals surface area contributed by atoms with E-state index >= 15 is 0 Å². The molecule has 13 heavy (non-hydrogen) atoms. The van der Waals surface area contributed by atoms with E-state index in [9.17, 15) is 0 Å². The number of nitrogens with zero attached hydrogens (tertiary/aromatic N) is 1. The van der Waals surface area contributed by atoms with Crippen LogP contribution in [0.2, 0.25) is 0 Å². The molecule has 2 rings (SSSR count). The van der Waals surface area contributed by atoms with E-state index < -0.39 is 0 Å². The summed E-state index contributed by atoms with van der Waals surface area (Å²) in [5.74, 6) is 2.81. The third-order valence-corrected chi connectivity index (χ3v) is 3.63. The average molecular weight is 201 g/mol. The molecule has 0 saturated carbocycles. The Morgan fingerprint density at radius 3 is 3.15 bits per heavy atom. The molecule has 4 heteroatoms. The summed E-state index contributed by atoms with van der Waals surface area (Å²) in [5.41, 5.74) is 1.21. The van der Waals surface area contributed by atoms with Crippen molar-refractivity contribution in [3.8, 4) is 0 Å². The van der Waals surface area contributed by atoms with Gasteiger partial charge >= 0.3 is 0 Å². The van der Waals surface area contributed by atoms with Crippen LogP contribution in [0.25, 0.3) is 0 Å². The highest BCUT2D eigenvalue weighted by Crippen LogP contribution is 2.21. The van der Waals surface area contributed by atoms with Gasteiger partial charge in [0.25, 0.3) is 0 Å². The van der Waals surface area contributed by atoms with Crippen molar-refractivity contribution in [1.29, 1.82) is 0 Å². The Bertz CT molecular complexity index is 202. The van der Waals surface area contributed by atoms with Crippen LogP contribution >= 0.6 is 11.8 Å². The molecule has 2 fully saturated rings. The monoisotopic (exact) mass is 201 g/mol. The maximum atomic E-state index is 5.41. The van der Waals surface area contributed by atoms with E-state index in [1.807, 2.05) is 11.8 Å². The molecule has 2 aliphatic rings. The topological polar surface area (TPSA) is 30.8 Å². The second kappa shape index (κ2) is 4.33. The van der Waals surface area contributed by atoms with E-state index in [1.54, 1.807) is 0 Å². The van der Waals surface area contributed by atoms with Crippen molar-refractivity contribution in [2.45, 2.75) is 19.4 Å². The molecule has 0 bridgehead atoms. The highest BCUT2D eigenvalue weighted by Gasteiger charge is 2.21. The van der Waals surface area contributed by atoms with Crippen LogP contribution in [0.4, 0.5) is 0 Å². The molecular formula is C9H15NO2S. The van der Waals surface area contributed by atoms with E-state index in [1.165, 1.54) is 11.5 Å². The van der Waals surface area contributed by atoms with E-state index in [-0.39, 0.29) is 6.10 Å². The van der Waals surface area contributed by atoms with E-state index in [0.29, 0.717) is 12.5 Å². The molecule has 2 saturated heterocycles. The molecule has 0 aromatic rings. The van der Waals surface area contributed by atoms with Gasteiger partial charge in [-0.25, -0.2) is 0 Å².